The lowest BCUT2D eigenvalue weighted by molar-refractivity contribution is -0.120. The summed E-state index contributed by atoms with van der Waals surface area (Å²) < 4.78 is 29.4. The first kappa shape index (κ1) is 26.0. The van der Waals surface area contributed by atoms with Crippen molar-refractivity contribution in [3.63, 3.8) is 0 Å². The van der Waals surface area contributed by atoms with Crippen molar-refractivity contribution in [1.82, 2.24) is 20.1 Å². The number of nitrogens with zero attached hydrogens (tertiary/aromatic N) is 4. The van der Waals surface area contributed by atoms with Gasteiger partial charge in [0.05, 0.1) is 18.5 Å². The van der Waals surface area contributed by atoms with Gasteiger partial charge in [-0.15, -0.1) is 0 Å². The van der Waals surface area contributed by atoms with Crippen LogP contribution in [0.3, 0.4) is 0 Å². The van der Waals surface area contributed by atoms with Gasteiger partial charge in [0.15, 0.2) is 0 Å². The maximum Gasteiger partial charge on any atom is 0.342 e. The van der Waals surface area contributed by atoms with Gasteiger partial charge in [-0.05, 0) is 56.5 Å². The number of aliphatic hydroxyl groups excluding tert-OH is 1. The van der Waals surface area contributed by atoms with E-state index in [1.807, 2.05) is 0 Å². The van der Waals surface area contributed by atoms with E-state index in [2.05, 4.69) is 27.2 Å². The summed E-state index contributed by atoms with van der Waals surface area (Å²) in [4.78, 5) is 31.1. The second-order valence-electron chi connectivity index (χ2n) is 9.61. The molecule has 192 valence electrons. The summed E-state index contributed by atoms with van der Waals surface area (Å²) in [6.07, 6.45) is 3.67. The van der Waals surface area contributed by atoms with Crippen molar-refractivity contribution >= 4 is 17.6 Å². The molecule has 2 amide bonds. The van der Waals surface area contributed by atoms with Crippen LogP contribution in [-0.2, 0) is 17.6 Å². The fraction of sp³-hybridized carbons (Fsp3) is 0.333. The van der Waals surface area contributed by atoms with Gasteiger partial charge in [-0.3, -0.25) is 4.79 Å². The van der Waals surface area contributed by atoms with E-state index in [1.165, 1.54) is 36.5 Å². The molecule has 2 aromatic heterocycles. The summed E-state index contributed by atoms with van der Waals surface area (Å²) in [5.41, 5.74) is 1.62. The highest BCUT2D eigenvalue weighted by molar-refractivity contribution is 6.00. The Kier molecular flexibility index (Phi) is 7.36. The van der Waals surface area contributed by atoms with Gasteiger partial charge in [0.2, 0.25) is 11.9 Å². The zero-order chi connectivity index (χ0) is 26.7. The number of nitrogens with one attached hydrogen (secondary N) is 1. The number of hydrogen-bond donors (Lipinski definition) is 2. The number of aromatic nitrogens is 3. The van der Waals surface area contributed by atoms with Gasteiger partial charge < -0.3 is 15.3 Å². The molecule has 1 atom stereocenters. The molecule has 0 saturated carbocycles. The number of anilines is 1. The van der Waals surface area contributed by atoms with Gasteiger partial charge in [0.25, 0.3) is 0 Å². The molecule has 1 unspecified atom stereocenters. The molecule has 8 nitrogen and oxygen atoms in total. The second-order valence-corrected chi connectivity index (χ2v) is 9.61. The Balaban J connectivity index is 1.49. The number of likely N-dealkylation sites (N-methyl/N-ethyl adjacent to an activating group) is 1. The van der Waals surface area contributed by atoms with Crippen LogP contribution in [0.15, 0.2) is 42.7 Å². The number of carbonyl (C=O) groups is 2. The third-order valence-corrected chi connectivity index (χ3v) is 6.09. The van der Waals surface area contributed by atoms with Crippen molar-refractivity contribution in [2.45, 2.75) is 39.2 Å². The van der Waals surface area contributed by atoms with Crippen molar-refractivity contribution in [2.75, 3.05) is 18.6 Å². The van der Waals surface area contributed by atoms with Crippen LogP contribution in [0.2, 0.25) is 0 Å². The first-order valence-corrected chi connectivity index (χ1v) is 11.8. The SMILES string of the molecule is CN1C(=O)C(NC(=O)n2cc(Cc3cccc(F)n3)cn2)CCc2c(F)cc(C#CC(C)(C)CO)cc21. The summed E-state index contributed by atoms with van der Waals surface area (Å²) in [7, 11) is 1.53. The maximum absolute atomic E-state index is 15.0. The number of benzene rings is 1. The minimum atomic E-state index is -0.898. The maximum atomic E-state index is 15.0. The number of rotatable bonds is 4. The summed E-state index contributed by atoms with van der Waals surface area (Å²) in [6, 6.07) is 5.91. The van der Waals surface area contributed by atoms with E-state index in [0.717, 1.165) is 4.68 Å². The quantitative estimate of drug-likeness (QED) is 0.418. The standard InChI is InChI=1S/C27H27F2N5O3/c1-27(2,16-35)10-9-17-12-21(28)20-7-8-22(25(36)33(3)23(20)13-17)32-26(37)34-15-18(14-30-34)11-19-5-4-6-24(29)31-19/h4-6,12-15,22,35H,7-8,11,16H2,1-3H3,(H,32,37). The molecule has 0 fully saturated rings. The third-order valence-electron chi connectivity index (χ3n) is 6.09. The van der Waals surface area contributed by atoms with Gasteiger partial charge in [-0.25, -0.2) is 14.2 Å². The van der Waals surface area contributed by atoms with Gasteiger partial charge in [0.1, 0.15) is 11.9 Å². The zero-order valence-corrected chi connectivity index (χ0v) is 20.8. The fourth-order valence-electron chi connectivity index (χ4n) is 3.96. The Hall–Kier alpha value is -4.10. The van der Waals surface area contributed by atoms with Crippen molar-refractivity contribution in [1.29, 1.82) is 0 Å². The van der Waals surface area contributed by atoms with Gasteiger partial charge >= 0.3 is 6.03 Å². The van der Waals surface area contributed by atoms with Crippen LogP contribution >= 0.6 is 0 Å². The molecule has 0 aliphatic carbocycles. The second kappa shape index (κ2) is 10.5. The summed E-state index contributed by atoms with van der Waals surface area (Å²) in [5, 5.41) is 16.1. The van der Waals surface area contributed by atoms with Crippen molar-refractivity contribution in [3.05, 3.63) is 76.9 Å². The monoisotopic (exact) mass is 507 g/mol. The normalized spacial score (nSPS) is 15.5. The molecule has 3 aromatic rings. The van der Waals surface area contributed by atoms with Crippen LogP contribution in [0, 0.1) is 29.0 Å². The number of halogens is 2. The first-order valence-electron chi connectivity index (χ1n) is 11.8. The number of hydrogen-bond acceptors (Lipinski definition) is 5. The van der Waals surface area contributed by atoms with Gasteiger partial charge in [-0.2, -0.15) is 14.2 Å². The fourth-order valence-corrected chi connectivity index (χ4v) is 3.96. The number of carbonyl (C=O) groups excluding carboxylic acids is 2. The van der Waals surface area contributed by atoms with Crippen LogP contribution in [-0.4, -0.2) is 51.5 Å². The van der Waals surface area contributed by atoms with Gasteiger partial charge in [-0.1, -0.05) is 17.9 Å². The van der Waals surface area contributed by atoms with Crippen LogP contribution < -0.4 is 10.2 Å². The molecule has 0 radical (unpaired) electrons. The predicted octanol–water partition coefficient (Wildman–Crippen LogP) is 3.05. The van der Waals surface area contributed by atoms with E-state index in [9.17, 15) is 23.5 Å². The molecular weight excluding hydrogens is 480 g/mol. The van der Waals surface area contributed by atoms with Crippen LogP contribution in [0.4, 0.5) is 19.3 Å². The number of amides is 2. The molecule has 0 bridgehead atoms. The summed E-state index contributed by atoms with van der Waals surface area (Å²) >= 11 is 0. The molecule has 10 heteroatoms. The third kappa shape index (κ3) is 6.01. The average molecular weight is 508 g/mol. The molecule has 2 N–H and O–H groups in total. The number of aliphatic hydroxyl groups is 1. The topological polar surface area (TPSA) is 100 Å². The lowest BCUT2D eigenvalue weighted by Crippen LogP contribution is -2.48. The molecule has 0 spiro atoms. The minimum absolute atomic E-state index is 0.146. The van der Waals surface area contributed by atoms with Gasteiger partial charge in [0, 0.05) is 41.9 Å². The average Bonchev–Trinajstić information content (AvgIpc) is 3.29. The van der Waals surface area contributed by atoms with E-state index in [-0.39, 0.29) is 25.9 Å². The molecule has 0 saturated heterocycles. The van der Waals surface area contributed by atoms with Crippen molar-refractivity contribution < 1.29 is 23.5 Å². The molecule has 1 aliphatic heterocycles. The van der Waals surface area contributed by atoms with Crippen LogP contribution in [0.5, 0.6) is 0 Å². The van der Waals surface area contributed by atoms with Crippen molar-refractivity contribution in [2.24, 2.45) is 5.41 Å². The number of fused-ring (bicyclic) bond motifs is 1. The highest BCUT2D eigenvalue weighted by atomic mass is 19.1. The highest BCUT2D eigenvalue weighted by Gasteiger charge is 2.31. The summed E-state index contributed by atoms with van der Waals surface area (Å²) in [5.74, 6) is 4.31. The molecule has 1 aliphatic rings. The molecule has 1 aromatic carbocycles. The highest BCUT2D eigenvalue weighted by Crippen LogP contribution is 2.30. The Morgan fingerprint density at radius 2 is 2.08 bits per heavy atom. The lowest BCUT2D eigenvalue weighted by Gasteiger charge is -2.22. The van der Waals surface area contributed by atoms with Crippen LogP contribution in [0.1, 0.15) is 42.7 Å². The summed E-state index contributed by atoms with van der Waals surface area (Å²) in [6.45, 7) is 3.39. The zero-order valence-electron chi connectivity index (χ0n) is 20.8. The van der Waals surface area contributed by atoms with E-state index < -0.39 is 35.2 Å². The largest absolute Gasteiger partial charge is 0.395 e. The Labute approximate surface area is 213 Å². The first-order chi connectivity index (χ1) is 17.6. The van der Waals surface area contributed by atoms with Crippen LogP contribution in [0.25, 0.3) is 0 Å². The van der Waals surface area contributed by atoms with E-state index >= 15 is 0 Å². The Morgan fingerprint density at radius 1 is 1.30 bits per heavy atom. The van der Waals surface area contributed by atoms with E-state index in [1.54, 1.807) is 32.0 Å². The predicted molar refractivity (Wildman–Crippen MR) is 133 cm³/mol. The minimum Gasteiger partial charge on any atom is -0.395 e. The van der Waals surface area contributed by atoms with Crippen molar-refractivity contribution in [3.8, 4) is 11.8 Å². The Morgan fingerprint density at radius 3 is 2.81 bits per heavy atom. The number of pyridine rings is 1. The van der Waals surface area contributed by atoms with E-state index in [4.69, 9.17) is 0 Å². The molecule has 3 heterocycles. The Bertz CT molecular complexity index is 1410. The van der Waals surface area contributed by atoms with E-state index in [0.29, 0.717) is 28.1 Å². The smallest absolute Gasteiger partial charge is 0.342 e. The molecule has 37 heavy (non-hydrogen) atoms. The molecule has 4 rings (SSSR count). The molecular formula is C27H27F2N5O3. The lowest BCUT2D eigenvalue weighted by atomic mass is 9.95.